The van der Waals surface area contributed by atoms with Crippen molar-refractivity contribution in [3.8, 4) is 0 Å². The van der Waals surface area contributed by atoms with Gasteiger partial charge in [-0.25, -0.2) is 0 Å². The largest absolute Gasteiger partial charge is 0 e. The van der Waals surface area contributed by atoms with Gasteiger partial charge in [-0.2, -0.15) is 0 Å². The van der Waals surface area contributed by atoms with Gasteiger partial charge in [0.1, 0.15) is 5.78 Å². The van der Waals surface area contributed by atoms with E-state index >= 15 is 0 Å². The quantitative estimate of drug-likeness (QED) is 0.493. The van der Waals surface area contributed by atoms with Gasteiger partial charge in [-0.1, -0.05) is 0 Å². The summed E-state index contributed by atoms with van der Waals surface area (Å²) in [5.41, 5.74) is 0. The Morgan fingerprint density at radius 3 is 1.40 bits per heavy atom. The molecule has 1 aliphatic rings. The number of hydrogen-bond acceptors (Lipinski definition) is 1. The Bertz CT molecular complexity index is 175. The Balaban J connectivity index is -0.0000000755. The van der Waals surface area contributed by atoms with E-state index in [2.05, 4.69) is 20.0 Å². The predicted octanol–water partition coefficient (Wildman–Crippen LogP) is 0.866. The van der Waals surface area contributed by atoms with Gasteiger partial charge in [-0.15, -0.1) is 0 Å². The molecule has 78 valence electrons. The van der Waals surface area contributed by atoms with Crippen LogP contribution in [0.25, 0.3) is 0 Å². The van der Waals surface area contributed by atoms with Crippen molar-refractivity contribution in [1.82, 2.24) is 0 Å². The molecule has 0 heterocycles. The molecule has 15 heavy (non-hydrogen) atoms. The van der Waals surface area contributed by atoms with Crippen molar-refractivity contribution in [2.75, 3.05) is 0 Å². The second kappa shape index (κ2) is 23.4. The normalized spacial score (nSPS) is 11.9. The number of Topliss-reactive ketones (excluding diaryl/α,β-unsaturated/α-hetero) is 1. The first-order valence-corrected chi connectivity index (χ1v) is 3.14. The maximum Gasteiger partial charge on any atom is 0 e. The van der Waals surface area contributed by atoms with Crippen LogP contribution in [0.15, 0.2) is 0 Å². The number of rotatable bonds is 1. The van der Waals surface area contributed by atoms with E-state index in [1.165, 1.54) is 0 Å². The van der Waals surface area contributed by atoms with Gasteiger partial charge in [-0.3, -0.25) is 4.79 Å². The number of hydrogen-bond donors (Lipinski definition) is 0. The van der Waals surface area contributed by atoms with E-state index < -0.39 is 0 Å². The molecule has 0 aliphatic heterocycles. The Labute approximate surface area is 104 Å². The summed E-state index contributed by atoms with van der Waals surface area (Å²) in [6, 6.07) is 0. The fourth-order valence-corrected chi connectivity index (χ4v) is 0.609. The maximum absolute atomic E-state index is 10.5. The molecule has 0 unspecified atom stereocenters. The summed E-state index contributed by atoms with van der Waals surface area (Å²) in [6.45, 7) is 15.1. The van der Waals surface area contributed by atoms with Crippen LogP contribution in [-0.4, -0.2) is 5.78 Å². The van der Waals surface area contributed by atoms with Crippen molar-refractivity contribution >= 4 is 5.78 Å². The van der Waals surface area contributed by atoms with Gasteiger partial charge in [0.05, 0.1) is 0 Å². The van der Waals surface area contributed by atoms with Crippen LogP contribution in [0.5, 0.6) is 0 Å². The third-order valence-electron chi connectivity index (χ3n) is 1.07. The Morgan fingerprint density at radius 2 is 1.27 bits per heavy atom. The molecule has 0 amide bonds. The molecule has 0 aromatic rings. The van der Waals surface area contributed by atoms with Crippen molar-refractivity contribution < 1.29 is 39.2 Å². The van der Waals surface area contributed by atoms with Crippen LogP contribution in [-0.2, 0) is 39.2 Å². The van der Waals surface area contributed by atoms with Gasteiger partial charge in [0, 0.05) is 26.3 Å². The molecule has 1 fully saturated rings. The van der Waals surface area contributed by atoms with Crippen LogP contribution in [0.3, 0.4) is 0 Å². The average molecular weight is 377 g/mol. The van der Waals surface area contributed by atoms with E-state index in [4.69, 9.17) is 14.0 Å². The average Bonchev–Trinajstić information content (AvgIpc) is 2.80. The van der Waals surface area contributed by atoms with Gasteiger partial charge in [0.25, 0.3) is 0 Å². The zero-order valence-electron chi connectivity index (χ0n) is 7.82. The molecule has 0 spiro atoms. The molecular formula is C10H7O4Re. The summed E-state index contributed by atoms with van der Waals surface area (Å²) >= 11 is 0. The molecule has 0 atom stereocenters. The summed E-state index contributed by atoms with van der Waals surface area (Å²) in [5, 5.41) is 0. The van der Waals surface area contributed by atoms with Crippen molar-refractivity contribution in [2.24, 2.45) is 0 Å². The second-order valence-corrected chi connectivity index (χ2v) is 1.73. The van der Waals surface area contributed by atoms with Crippen LogP contribution < -0.4 is 0 Å². The first kappa shape index (κ1) is 24.0. The Morgan fingerprint density at radius 1 is 1.00 bits per heavy atom. The molecule has 0 aromatic heterocycles. The van der Waals surface area contributed by atoms with E-state index in [1.54, 1.807) is 6.92 Å². The van der Waals surface area contributed by atoms with Gasteiger partial charge < -0.3 is 0 Å². The first-order valence-electron chi connectivity index (χ1n) is 3.14. The minimum Gasteiger partial charge on any atom is 0 e. The second-order valence-electron chi connectivity index (χ2n) is 1.73. The van der Waals surface area contributed by atoms with E-state index in [9.17, 15) is 4.79 Å². The SMILES string of the molecule is CC(=O)[C]1[CH][CH][CH][CH]1.[C-]#[O+].[C-]#[O+].[C-]#[O+].[Re]. The molecule has 0 aromatic carbocycles. The van der Waals surface area contributed by atoms with Gasteiger partial charge in [-0.05, 0) is 32.6 Å². The van der Waals surface area contributed by atoms with Gasteiger partial charge >= 0.3 is 33.9 Å². The summed E-state index contributed by atoms with van der Waals surface area (Å²) < 4.78 is 22.5. The van der Waals surface area contributed by atoms with Gasteiger partial charge in [0.2, 0.25) is 0 Å². The van der Waals surface area contributed by atoms with Gasteiger partial charge in [0.15, 0.2) is 0 Å². The number of carbonyl (C=O) groups excluding carboxylic acids is 1. The Hall–Kier alpha value is -0.448. The van der Waals surface area contributed by atoms with E-state index in [0.29, 0.717) is 0 Å². The summed E-state index contributed by atoms with van der Waals surface area (Å²) in [4.78, 5) is 10.5. The summed E-state index contributed by atoms with van der Waals surface area (Å²) in [5.74, 6) is 0.931. The fraction of sp³-hybridized carbons (Fsp3) is 0.100. The standard InChI is InChI=1S/C7H7O.3CO.Re/c1-6(8)7-4-2-3-5-7;3*1-2;/h2-5H,1H3;;;;. The monoisotopic (exact) mass is 378 g/mol. The number of carbonyl (C=O) groups is 1. The molecule has 0 saturated heterocycles. The molecule has 1 saturated carbocycles. The van der Waals surface area contributed by atoms with E-state index in [1.807, 2.05) is 25.7 Å². The third-order valence-corrected chi connectivity index (χ3v) is 1.07. The van der Waals surface area contributed by atoms with Crippen molar-refractivity contribution in [1.29, 1.82) is 0 Å². The molecule has 4 nitrogen and oxygen atoms in total. The van der Waals surface area contributed by atoms with Crippen LogP contribution in [0, 0.1) is 51.6 Å². The van der Waals surface area contributed by atoms with Crippen LogP contribution in [0.4, 0.5) is 0 Å². The van der Waals surface area contributed by atoms with Crippen LogP contribution >= 0.6 is 0 Å². The zero-order chi connectivity index (χ0) is 12.0. The minimum atomic E-state index is 0. The van der Waals surface area contributed by atoms with Crippen molar-refractivity contribution in [3.63, 3.8) is 0 Å². The first-order chi connectivity index (χ1) is 6.80. The van der Waals surface area contributed by atoms with Crippen LogP contribution in [0.2, 0.25) is 0 Å². The zero-order valence-corrected chi connectivity index (χ0v) is 10.5. The fourth-order valence-electron chi connectivity index (χ4n) is 0.609. The predicted molar refractivity (Wildman–Crippen MR) is 42.9 cm³/mol. The molecule has 0 N–H and O–H groups in total. The minimum absolute atomic E-state index is 0. The Kier molecular flexibility index (Phi) is 37.4. The summed E-state index contributed by atoms with van der Waals surface area (Å²) in [7, 11) is 0. The maximum atomic E-state index is 10.5. The number of ketones is 1. The smallest absolute Gasteiger partial charge is 0 e. The van der Waals surface area contributed by atoms with Crippen molar-refractivity contribution in [3.05, 3.63) is 51.6 Å². The van der Waals surface area contributed by atoms with Crippen molar-refractivity contribution in [2.45, 2.75) is 6.92 Å². The molecule has 5 heteroatoms. The molecule has 1 aliphatic carbocycles. The van der Waals surface area contributed by atoms with Crippen LogP contribution in [0.1, 0.15) is 6.92 Å². The summed E-state index contributed by atoms with van der Waals surface area (Å²) in [6.07, 6.45) is 7.33. The molecule has 0 bridgehead atoms. The topological polar surface area (TPSA) is 76.8 Å². The molecule has 6 radical (unpaired) electrons. The van der Waals surface area contributed by atoms with E-state index in [0.717, 1.165) is 5.92 Å². The molecular weight excluding hydrogens is 370 g/mol. The molecule has 1 rings (SSSR count). The van der Waals surface area contributed by atoms with E-state index in [-0.39, 0.29) is 26.2 Å². The third kappa shape index (κ3) is 16.2.